The van der Waals surface area contributed by atoms with Crippen LogP contribution in [0.4, 0.5) is 5.69 Å². The molecule has 0 atom stereocenters. The van der Waals surface area contributed by atoms with Crippen molar-refractivity contribution in [2.75, 3.05) is 18.4 Å². The van der Waals surface area contributed by atoms with Gasteiger partial charge in [-0.1, -0.05) is 18.2 Å². The van der Waals surface area contributed by atoms with Gasteiger partial charge in [0.15, 0.2) is 5.78 Å². The quantitative estimate of drug-likeness (QED) is 0.903. The molecule has 1 N–H and O–H groups in total. The number of piperidine rings is 1. The molecule has 1 fully saturated rings. The van der Waals surface area contributed by atoms with Crippen LogP contribution in [0.3, 0.4) is 0 Å². The number of para-hydroxylation sites is 1. The molecule has 0 aliphatic carbocycles. The van der Waals surface area contributed by atoms with Gasteiger partial charge in [0.05, 0.1) is 5.54 Å². The number of nitrogens with one attached hydrogen (secondary N) is 1. The monoisotopic (exact) mass is 260 g/mol. The van der Waals surface area contributed by atoms with Gasteiger partial charge in [-0.15, -0.1) is 0 Å². The summed E-state index contributed by atoms with van der Waals surface area (Å²) < 4.78 is 0. The molecule has 1 heterocycles. The van der Waals surface area contributed by atoms with Crippen molar-refractivity contribution in [3.63, 3.8) is 0 Å². The molecule has 3 nitrogen and oxygen atoms in total. The Balaban J connectivity index is 2.11. The number of anilines is 1. The number of Topliss-reactive ketones (excluding diaryl/α,β-unsaturated/α-hetero) is 1. The number of benzene rings is 1. The number of hydrogen-bond donors (Lipinski definition) is 1. The lowest BCUT2D eigenvalue weighted by Gasteiger charge is -2.42. The average molecular weight is 260 g/mol. The van der Waals surface area contributed by atoms with E-state index in [9.17, 15) is 4.79 Å². The van der Waals surface area contributed by atoms with Gasteiger partial charge in [-0.2, -0.15) is 0 Å². The van der Waals surface area contributed by atoms with E-state index in [4.69, 9.17) is 0 Å². The molecule has 0 spiro atoms. The number of likely N-dealkylation sites (tertiary alicyclic amines) is 1. The highest BCUT2D eigenvalue weighted by Gasteiger charge is 2.39. The summed E-state index contributed by atoms with van der Waals surface area (Å²) in [7, 11) is 0. The Morgan fingerprint density at radius 2 is 1.79 bits per heavy atom. The van der Waals surface area contributed by atoms with E-state index in [1.165, 1.54) is 0 Å². The Kier molecular flexibility index (Phi) is 4.25. The molecular weight excluding hydrogens is 236 g/mol. The third-order valence-corrected chi connectivity index (χ3v) is 4.21. The van der Waals surface area contributed by atoms with Gasteiger partial charge in [0, 0.05) is 24.8 Å². The molecule has 1 aromatic carbocycles. The number of ketones is 1. The maximum Gasteiger partial charge on any atom is 0.155 e. The van der Waals surface area contributed by atoms with Crippen molar-refractivity contribution in [1.82, 2.24) is 4.90 Å². The summed E-state index contributed by atoms with van der Waals surface area (Å²) in [6.07, 6.45) is 1.77. The van der Waals surface area contributed by atoms with Gasteiger partial charge in [-0.05, 0) is 45.7 Å². The fourth-order valence-corrected chi connectivity index (χ4v) is 2.78. The predicted molar refractivity (Wildman–Crippen MR) is 79.4 cm³/mol. The summed E-state index contributed by atoms with van der Waals surface area (Å²) >= 11 is 0. The van der Waals surface area contributed by atoms with Gasteiger partial charge in [-0.25, -0.2) is 0 Å². The van der Waals surface area contributed by atoms with E-state index in [1.54, 1.807) is 6.92 Å². The molecule has 1 aliphatic heterocycles. The highest BCUT2D eigenvalue weighted by Crippen LogP contribution is 2.28. The normalized spacial score (nSPS) is 19.4. The molecule has 0 saturated carbocycles. The number of rotatable bonds is 4. The second-order valence-corrected chi connectivity index (χ2v) is 5.76. The van der Waals surface area contributed by atoms with Crippen molar-refractivity contribution in [1.29, 1.82) is 0 Å². The van der Waals surface area contributed by atoms with Crippen molar-refractivity contribution in [3.05, 3.63) is 30.3 Å². The van der Waals surface area contributed by atoms with Crippen LogP contribution in [0.25, 0.3) is 0 Å². The highest BCUT2D eigenvalue weighted by atomic mass is 16.1. The molecule has 1 aliphatic rings. The van der Waals surface area contributed by atoms with E-state index in [0.717, 1.165) is 31.6 Å². The topological polar surface area (TPSA) is 32.3 Å². The molecule has 0 radical (unpaired) electrons. The standard InChI is InChI=1S/C16H24N2O/c1-13(2)18-11-9-16(10-12-18,14(3)19)17-15-7-5-4-6-8-15/h4-8,13,17H,9-12H2,1-3H3. The highest BCUT2D eigenvalue weighted by molar-refractivity contribution is 5.89. The lowest BCUT2D eigenvalue weighted by atomic mass is 9.83. The Morgan fingerprint density at radius 3 is 2.26 bits per heavy atom. The van der Waals surface area contributed by atoms with Crippen LogP contribution in [0.5, 0.6) is 0 Å². The van der Waals surface area contributed by atoms with E-state index >= 15 is 0 Å². The first-order valence-electron chi connectivity index (χ1n) is 7.12. The summed E-state index contributed by atoms with van der Waals surface area (Å²) in [5, 5.41) is 3.48. The summed E-state index contributed by atoms with van der Waals surface area (Å²) in [6, 6.07) is 10.6. The largest absolute Gasteiger partial charge is 0.373 e. The molecule has 3 heteroatoms. The fourth-order valence-electron chi connectivity index (χ4n) is 2.78. The molecular formula is C16H24N2O. The predicted octanol–water partition coefficient (Wildman–Crippen LogP) is 2.93. The van der Waals surface area contributed by atoms with Crippen LogP contribution in [0.2, 0.25) is 0 Å². The molecule has 0 amide bonds. The van der Waals surface area contributed by atoms with Gasteiger partial charge in [-0.3, -0.25) is 4.79 Å². The second kappa shape index (κ2) is 5.74. The lowest BCUT2D eigenvalue weighted by molar-refractivity contribution is -0.122. The fraction of sp³-hybridized carbons (Fsp3) is 0.562. The third-order valence-electron chi connectivity index (χ3n) is 4.21. The van der Waals surface area contributed by atoms with E-state index < -0.39 is 0 Å². The smallest absolute Gasteiger partial charge is 0.155 e. The maximum absolute atomic E-state index is 12.1. The summed E-state index contributed by atoms with van der Waals surface area (Å²) in [6.45, 7) is 8.10. The average Bonchev–Trinajstić information content (AvgIpc) is 2.40. The van der Waals surface area contributed by atoms with Crippen LogP contribution in [-0.4, -0.2) is 35.4 Å². The van der Waals surface area contributed by atoms with Crippen molar-refractivity contribution >= 4 is 11.5 Å². The summed E-state index contributed by atoms with van der Waals surface area (Å²) in [4.78, 5) is 14.6. The first-order chi connectivity index (χ1) is 9.03. The zero-order chi connectivity index (χ0) is 13.9. The van der Waals surface area contributed by atoms with Gasteiger partial charge >= 0.3 is 0 Å². The van der Waals surface area contributed by atoms with Gasteiger partial charge in [0.1, 0.15) is 0 Å². The Morgan fingerprint density at radius 1 is 1.21 bits per heavy atom. The van der Waals surface area contributed by atoms with Crippen LogP contribution < -0.4 is 5.32 Å². The van der Waals surface area contributed by atoms with E-state index in [-0.39, 0.29) is 11.3 Å². The number of nitrogens with zero attached hydrogens (tertiary/aromatic N) is 1. The van der Waals surface area contributed by atoms with Crippen LogP contribution in [0.1, 0.15) is 33.6 Å². The molecule has 0 bridgehead atoms. The maximum atomic E-state index is 12.1. The first kappa shape index (κ1) is 14.1. The Labute approximate surface area is 116 Å². The number of hydrogen-bond acceptors (Lipinski definition) is 3. The first-order valence-corrected chi connectivity index (χ1v) is 7.12. The minimum absolute atomic E-state index is 0.250. The van der Waals surface area contributed by atoms with Crippen molar-refractivity contribution < 1.29 is 4.79 Å². The molecule has 0 aromatic heterocycles. The molecule has 0 unspecified atom stereocenters. The molecule has 104 valence electrons. The summed E-state index contributed by atoms with van der Waals surface area (Å²) in [5.41, 5.74) is 0.655. The molecule has 19 heavy (non-hydrogen) atoms. The second-order valence-electron chi connectivity index (χ2n) is 5.76. The van der Waals surface area contributed by atoms with Crippen molar-refractivity contribution in [3.8, 4) is 0 Å². The van der Waals surface area contributed by atoms with Crippen LogP contribution in [-0.2, 0) is 4.79 Å². The van der Waals surface area contributed by atoms with Crippen LogP contribution in [0, 0.1) is 0 Å². The molecule has 1 saturated heterocycles. The number of carbonyl (C=O) groups is 1. The zero-order valence-electron chi connectivity index (χ0n) is 12.1. The summed E-state index contributed by atoms with van der Waals surface area (Å²) in [5.74, 6) is 0.250. The minimum atomic E-state index is -0.382. The van der Waals surface area contributed by atoms with E-state index in [1.807, 2.05) is 30.3 Å². The van der Waals surface area contributed by atoms with Gasteiger partial charge < -0.3 is 10.2 Å². The van der Waals surface area contributed by atoms with Crippen molar-refractivity contribution in [2.24, 2.45) is 0 Å². The molecule has 1 aromatic rings. The Hall–Kier alpha value is -1.35. The lowest BCUT2D eigenvalue weighted by Crippen LogP contribution is -2.54. The van der Waals surface area contributed by atoms with E-state index in [0.29, 0.717) is 6.04 Å². The van der Waals surface area contributed by atoms with Crippen molar-refractivity contribution in [2.45, 2.75) is 45.2 Å². The molecule has 2 rings (SSSR count). The van der Waals surface area contributed by atoms with E-state index in [2.05, 4.69) is 24.1 Å². The SMILES string of the molecule is CC(=O)C1(Nc2ccccc2)CCN(C(C)C)CC1. The third kappa shape index (κ3) is 3.16. The van der Waals surface area contributed by atoms with Gasteiger partial charge in [0.2, 0.25) is 0 Å². The zero-order valence-corrected chi connectivity index (χ0v) is 12.1. The van der Waals surface area contributed by atoms with Crippen LogP contribution in [0.15, 0.2) is 30.3 Å². The van der Waals surface area contributed by atoms with Crippen LogP contribution >= 0.6 is 0 Å². The Bertz CT molecular complexity index is 420. The number of carbonyl (C=O) groups excluding carboxylic acids is 1. The van der Waals surface area contributed by atoms with Gasteiger partial charge in [0.25, 0.3) is 0 Å². The minimum Gasteiger partial charge on any atom is -0.373 e.